The van der Waals surface area contributed by atoms with Gasteiger partial charge < -0.3 is 18.8 Å². The third kappa shape index (κ3) is 7.28. The Labute approximate surface area is 231 Å². The molecule has 1 atom stereocenters. The molecule has 1 aliphatic heterocycles. The van der Waals surface area contributed by atoms with Crippen LogP contribution in [0.4, 0.5) is 4.79 Å². The minimum atomic E-state index is -0.369. The normalized spacial score (nSPS) is 15.2. The molecule has 1 saturated heterocycles. The Morgan fingerprint density at radius 3 is 2.28 bits per heavy atom. The Bertz CT molecular complexity index is 1240. The summed E-state index contributed by atoms with van der Waals surface area (Å²) in [5.41, 5.74) is 3.79. The summed E-state index contributed by atoms with van der Waals surface area (Å²) in [6, 6.07) is 17.9. The first-order valence-electron chi connectivity index (χ1n) is 13.8. The van der Waals surface area contributed by atoms with Crippen LogP contribution in [0.25, 0.3) is 11.5 Å². The van der Waals surface area contributed by atoms with E-state index in [1.54, 1.807) is 4.90 Å². The van der Waals surface area contributed by atoms with Crippen molar-refractivity contribution in [2.45, 2.75) is 72.5 Å². The van der Waals surface area contributed by atoms with Crippen molar-refractivity contribution in [2.75, 3.05) is 13.1 Å². The predicted octanol–water partition coefficient (Wildman–Crippen LogP) is 7.07. The number of esters is 1. The van der Waals surface area contributed by atoms with Gasteiger partial charge in [0.2, 0.25) is 5.89 Å². The van der Waals surface area contributed by atoms with Crippen molar-refractivity contribution in [1.29, 1.82) is 0 Å². The highest BCUT2D eigenvalue weighted by Gasteiger charge is 2.33. The summed E-state index contributed by atoms with van der Waals surface area (Å²) in [6.07, 6.45) is 1.83. The number of hydrogen-bond donors (Lipinski definition) is 0. The van der Waals surface area contributed by atoms with Crippen molar-refractivity contribution in [3.63, 3.8) is 0 Å². The summed E-state index contributed by atoms with van der Waals surface area (Å²) in [6.45, 7) is 11.8. The first kappa shape index (κ1) is 28.4. The number of piperidine rings is 1. The maximum absolute atomic E-state index is 12.8. The summed E-state index contributed by atoms with van der Waals surface area (Å²) in [7, 11) is 0. The number of benzene rings is 2. The highest BCUT2D eigenvalue weighted by Crippen LogP contribution is 2.30. The highest BCUT2D eigenvalue weighted by atomic mass is 16.6. The lowest BCUT2D eigenvalue weighted by Gasteiger charge is -2.34. The van der Waals surface area contributed by atoms with E-state index in [2.05, 4.69) is 37.9 Å². The van der Waals surface area contributed by atoms with Crippen molar-refractivity contribution < 1.29 is 23.5 Å². The van der Waals surface area contributed by atoms with Crippen molar-refractivity contribution in [1.82, 2.24) is 9.88 Å². The zero-order chi connectivity index (χ0) is 28.0. The van der Waals surface area contributed by atoms with E-state index < -0.39 is 0 Å². The number of nitrogens with zero attached hydrogens (tertiary/aromatic N) is 2. The van der Waals surface area contributed by atoms with Gasteiger partial charge >= 0.3 is 12.1 Å². The molecule has 2 heterocycles. The maximum atomic E-state index is 12.8. The molecule has 4 rings (SSSR count). The summed E-state index contributed by atoms with van der Waals surface area (Å²) < 4.78 is 17.1. The van der Waals surface area contributed by atoms with Gasteiger partial charge in [-0.2, -0.15) is 0 Å². The number of likely N-dealkylation sites (tertiary alicyclic amines) is 1. The molecular weight excluding hydrogens is 492 g/mol. The molecule has 7 nitrogen and oxygen atoms in total. The molecule has 1 fully saturated rings. The van der Waals surface area contributed by atoms with E-state index in [1.807, 2.05) is 56.3 Å². The largest absolute Gasteiger partial charge is 0.461 e. The van der Waals surface area contributed by atoms with Gasteiger partial charge in [-0.25, -0.2) is 9.78 Å². The fraction of sp³-hybridized carbons (Fsp3) is 0.469. The third-order valence-electron chi connectivity index (χ3n) is 7.56. The van der Waals surface area contributed by atoms with Crippen molar-refractivity contribution in [3.05, 3.63) is 77.2 Å². The molecule has 0 bridgehead atoms. The molecule has 0 saturated carbocycles. The monoisotopic (exact) mass is 532 g/mol. The number of carbonyl (C=O) groups excluding carboxylic acids is 2. The van der Waals surface area contributed by atoms with E-state index in [0.29, 0.717) is 30.4 Å². The molecule has 1 aromatic heterocycles. The van der Waals surface area contributed by atoms with Gasteiger partial charge in [-0.1, -0.05) is 70.2 Å². The van der Waals surface area contributed by atoms with E-state index in [9.17, 15) is 9.59 Å². The molecule has 208 valence electrons. The molecule has 7 heteroatoms. The lowest BCUT2D eigenvalue weighted by atomic mass is 9.83. The van der Waals surface area contributed by atoms with E-state index >= 15 is 0 Å². The Balaban J connectivity index is 1.26. The van der Waals surface area contributed by atoms with Crippen molar-refractivity contribution >= 4 is 12.1 Å². The average Bonchev–Trinajstić information content (AvgIpc) is 3.31. The van der Waals surface area contributed by atoms with Gasteiger partial charge in [0, 0.05) is 18.7 Å². The molecule has 0 N–H and O–H groups in total. The van der Waals surface area contributed by atoms with Crippen LogP contribution in [0.15, 0.2) is 59.0 Å². The molecule has 0 spiro atoms. The zero-order valence-electron chi connectivity index (χ0n) is 23.7. The van der Waals surface area contributed by atoms with Crippen LogP contribution in [0.2, 0.25) is 0 Å². The lowest BCUT2D eigenvalue weighted by Crippen LogP contribution is -2.41. The smallest absolute Gasteiger partial charge is 0.410 e. The summed E-state index contributed by atoms with van der Waals surface area (Å²) in [4.78, 5) is 31.8. The third-order valence-corrected chi connectivity index (χ3v) is 7.56. The molecule has 0 radical (unpaired) electrons. The van der Waals surface area contributed by atoms with Gasteiger partial charge in [-0.3, -0.25) is 4.79 Å². The number of rotatable bonds is 8. The minimum Gasteiger partial charge on any atom is -0.461 e. The molecule has 1 aliphatic rings. The lowest BCUT2D eigenvalue weighted by molar-refractivity contribution is -0.152. The number of ether oxygens (including phenoxy) is 2. The van der Waals surface area contributed by atoms with Gasteiger partial charge in [0.15, 0.2) is 0 Å². The molecule has 1 unspecified atom stereocenters. The quantitative estimate of drug-likeness (QED) is 0.289. The molecular formula is C32H40N2O5. The second-order valence-electron chi connectivity index (χ2n) is 11.3. The van der Waals surface area contributed by atoms with Crippen LogP contribution in [0.5, 0.6) is 0 Å². The molecule has 0 aliphatic carbocycles. The van der Waals surface area contributed by atoms with Crippen LogP contribution >= 0.6 is 0 Å². The molecule has 2 aromatic carbocycles. The number of carbonyl (C=O) groups is 2. The van der Waals surface area contributed by atoms with Crippen molar-refractivity contribution in [3.8, 4) is 11.5 Å². The predicted molar refractivity (Wildman–Crippen MR) is 150 cm³/mol. The second kappa shape index (κ2) is 12.5. The number of aryl methyl sites for hydroxylation is 1. The van der Waals surface area contributed by atoms with Gasteiger partial charge in [0.1, 0.15) is 24.7 Å². The van der Waals surface area contributed by atoms with Gasteiger partial charge in [-0.15, -0.1) is 0 Å². The van der Waals surface area contributed by atoms with Gasteiger partial charge in [0.25, 0.3) is 0 Å². The van der Waals surface area contributed by atoms with E-state index in [0.717, 1.165) is 30.4 Å². The first-order valence-corrected chi connectivity index (χ1v) is 13.8. The van der Waals surface area contributed by atoms with Crippen LogP contribution in [-0.4, -0.2) is 35.0 Å². The second-order valence-corrected chi connectivity index (χ2v) is 11.3. The number of oxazole rings is 1. The summed E-state index contributed by atoms with van der Waals surface area (Å²) >= 11 is 0. The minimum absolute atomic E-state index is 0.0531. The fourth-order valence-electron chi connectivity index (χ4n) is 5.03. The maximum Gasteiger partial charge on any atom is 0.410 e. The summed E-state index contributed by atoms with van der Waals surface area (Å²) in [5.74, 6) is 1.02. The molecule has 39 heavy (non-hydrogen) atoms. The van der Waals surface area contributed by atoms with E-state index in [4.69, 9.17) is 13.9 Å². The SMILES string of the molecule is CCC(C(=O)OCc1ccccc1)C1CCN(C(=O)OCc2nc(-c3ccc(C(C)(C)C)cc3)oc2C)CC1. The molecule has 3 aromatic rings. The number of aromatic nitrogens is 1. The first-order chi connectivity index (χ1) is 18.7. The van der Waals surface area contributed by atoms with Crippen LogP contribution < -0.4 is 0 Å². The van der Waals surface area contributed by atoms with Crippen LogP contribution in [0.1, 0.15) is 69.5 Å². The van der Waals surface area contributed by atoms with Crippen molar-refractivity contribution in [2.24, 2.45) is 11.8 Å². The van der Waals surface area contributed by atoms with Crippen LogP contribution in [-0.2, 0) is 32.9 Å². The highest BCUT2D eigenvalue weighted by molar-refractivity contribution is 5.73. The standard InChI is InChI=1S/C32H40N2O5/c1-6-27(30(35)37-20-23-10-8-7-9-11-23)24-16-18-34(19-17-24)31(36)38-21-28-22(2)39-29(33-28)25-12-14-26(15-13-25)32(3,4)5/h7-15,24,27H,6,16-21H2,1-5H3. The summed E-state index contributed by atoms with van der Waals surface area (Å²) in [5, 5.41) is 0. The van der Waals surface area contributed by atoms with E-state index in [1.165, 1.54) is 5.56 Å². The van der Waals surface area contributed by atoms with Crippen LogP contribution in [0, 0.1) is 18.8 Å². The van der Waals surface area contributed by atoms with Gasteiger partial charge in [0.05, 0.1) is 5.92 Å². The Kier molecular flexibility index (Phi) is 9.10. The Hall–Kier alpha value is -3.61. The Morgan fingerprint density at radius 2 is 1.67 bits per heavy atom. The topological polar surface area (TPSA) is 81.9 Å². The van der Waals surface area contributed by atoms with Gasteiger partial charge in [-0.05, 0) is 60.8 Å². The molecule has 1 amide bonds. The fourth-order valence-corrected chi connectivity index (χ4v) is 5.03. The zero-order valence-corrected chi connectivity index (χ0v) is 23.7. The van der Waals surface area contributed by atoms with Crippen LogP contribution in [0.3, 0.4) is 0 Å². The van der Waals surface area contributed by atoms with E-state index in [-0.39, 0.29) is 42.5 Å². The number of hydrogen-bond acceptors (Lipinski definition) is 6. The average molecular weight is 533 g/mol. The Morgan fingerprint density at radius 1 is 1.00 bits per heavy atom. The number of amides is 1.